The van der Waals surface area contributed by atoms with Gasteiger partial charge in [-0.15, -0.1) is 0 Å². The van der Waals surface area contributed by atoms with E-state index < -0.39 is 27.9 Å². The van der Waals surface area contributed by atoms with E-state index in [2.05, 4.69) is 21.4 Å². The molecule has 0 bridgehead atoms. The van der Waals surface area contributed by atoms with Crippen molar-refractivity contribution in [3.05, 3.63) is 28.3 Å². The summed E-state index contributed by atoms with van der Waals surface area (Å²) in [5.41, 5.74) is 1.53. The number of nitrogens with two attached hydrogens (primary N) is 1. The topological polar surface area (TPSA) is 115 Å². The number of benzene rings is 1. The molecule has 11 heteroatoms. The van der Waals surface area contributed by atoms with E-state index in [-0.39, 0.29) is 5.69 Å². The lowest BCUT2D eigenvalue weighted by atomic mass is 10.3. The van der Waals surface area contributed by atoms with Crippen molar-refractivity contribution in [1.82, 2.24) is 0 Å². The Kier molecular flexibility index (Phi) is 4.44. The molecule has 18 heavy (non-hydrogen) atoms. The second-order valence-corrected chi connectivity index (χ2v) is 9.52. The molecule has 0 amide bonds. The van der Waals surface area contributed by atoms with E-state index in [9.17, 15) is 18.5 Å². The molecule has 1 rings (SSSR count). The monoisotopic (exact) mass is 377 g/mol. The molecule has 0 heterocycles. The number of nitrogens with zero attached hydrogens (tertiary/aromatic N) is 1. The van der Waals surface area contributed by atoms with Gasteiger partial charge < -0.3 is 5.43 Å². The molecule has 0 radical (unpaired) electrons. The highest BCUT2D eigenvalue weighted by Gasteiger charge is 2.39. The molecule has 0 saturated carbocycles. The van der Waals surface area contributed by atoms with Gasteiger partial charge in [0.05, 0.1) is 9.82 Å². The molecule has 3 N–H and O–H groups in total. The molecule has 1 aromatic rings. The minimum absolute atomic E-state index is 0.0386. The van der Waals surface area contributed by atoms with E-state index in [4.69, 9.17) is 29.0 Å². The zero-order valence-electron chi connectivity index (χ0n) is 8.43. The van der Waals surface area contributed by atoms with Gasteiger partial charge >= 0.3 is 0 Å². The molecule has 0 aliphatic rings. The quantitative estimate of drug-likeness (QED) is 0.359. The van der Waals surface area contributed by atoms with Crippen LogP contribution in [0.15, 0.2) is 23.1 Å². The maximum Gasteiger partial charge on any atom is 0.294 e. The Morgan fingerprint density at radius 2 is 2.00 bits per heavy atom. The lowest BCUT2D eigenvalue weighted by Gasteiger charge is -2.13. The number of anilines is 1. The lowest BCUT2D eigenvalue weighted by Crippen LogP contribution is -2.19. The Balaban J connectivity index is 3.48. The van der Waals surface area contributed by atoms with E-state index >= 15 is 0 Å². The number of hydrazine groups is 1. The van der Waals surface area contributed by atoms with Gasteiger partial charge in [-0.1, -0.05) is 23.2 Å². The van der Waals surface area contributed by atoms with Gasteiger partial charge in [0.15, 0.2) is 0 Å². The van der Waals surface area contributed by atoms with Crippen LogP contribution in [-0.4, -0.2) is 15.9 Å². The summed E-state index contributed by atoms with van der Waals surface area (Å²) in [4.78, 5) is 9.55. The highest BCUT2D eigenvalue weighted by molar-refractivity contribution is 9.12. The molecule has 0 aliphatic heterocycles. The number of nitrogen functional groups attached to an aromatic ring is 1. The molecule has 1 aromatic carbocycles. The van der Waals surface area contributed by atoms with Gasteiger partial charge in [0.1, 0.15) is 5.69 Å². The molecule has 0 fully saturated rings. The smallest absolute Gasteiger partial charge is 0.294 e. The van der Waals surface area contributed by atoms with Crippen molar-refractivity contribution in [3.63, 3.8) is 0 Å². The van der Waals surface area contributed by atoms with E-state index in [0.29, 0.717) is 0 Å². The predicted octanol–water partition coefficient (Wildman–Crippen LogP) is 2.14. The average molecular weight is 379 g/mol. The molecule has 0 unspecified atom stereocenters. The summed E-state index contributed by atoms with van der Waals surface area (Å²) in [5.74, 6) is 5.07. The molecule has 100 valence electrons. The summed E-state index contributed by atoms with van der Waals surface area (Å²) in [6, 6.07) is 3.04. The first-order valence-corrected chi connectivity index (χ1v) is 7.21. The summed E-state index contributed by atoms with van der Waals surface area (Å²) in [6.07, 6.45) is 0. The van der Waals surface area contributed by atoms with Crippen molar-refractivity contribution in [2.24, 2.45) is 5.84 Å². The van der Waals surface area contributed by atoms with Crippen LogP contribution in [0.1, 0.15) is 0 Å². The highest BCUT2D eigenvalue weighted by atomic mass is 79.9. The van der Waals surface area contributed by atoms with Gasteiger partial charge in [-0.25, -0.2) is 8.42 Å². The first-order chi connectivity index (χ1) is 8.11. The van der Waals surface area contributed by atoms with Crippen molar-refractivity contribution >= 4 is 60.3 Å². The van der Waals surface area contributed by atoms with E-state index in [0.717, 1.165) is 18.2 Å². The second kappa shape index (κ2) is 5.17. The number of nitrogens with one attached hydrogen (secondary N) is 1. The maximum atomic E-state index is 11.8. The summed E-state index contributed by atoms with van der Waals surface area (Å²) in [7, 11) is -4.18. The molecule has 0 atom stereocenters. The van der Waals surface area contributed by atoms with Gasteiger partial charge in [0.25, 0.3) is 8.26 Å². The Hall–Kier alpha value is -0.610. The van der Waals surface area contributed by atoms with E-state index in [1.54, 1.807) is 0 Å². The molecule has 0 aliphatic carbocycles. The lowest BCUT2D eigenvalue weighted by molar-refractivity contribution is -0.384. The van der Waals surface area contributed by atoms with Crippen LogP contribution >= 0.6 is 39.1 Å². The third-order valence-electron chi connectivity index (χ3n) is 1.94. The van der Waals surface area contributed by atoms with Crippen LogP contribution in [0.25, 0.3) is 0 Å². The van der Waals surface area contributed by atoms with Crippen molar-refractivity contribution in [2.45, 2.75) is 7.47 Å². The van der Waals surface area contributed by atoms with Gasteiger partial charge in [-0.3, -0.25) is 16.0 Å². The number of hydrogen-bond donors (Lipinski definition) is 2. The van der Waals surface area contributed by atoms with Gasteiger partial charge in [0, 0.05) is 6.07 Å². The van der Waals surface area contributed by atoms with Crippen LogP contribution in [0.5, 0.6) is 0 Å². The number of nitro groups is 1. The largest absolute Gasteiger partial charge is 0.318 e. The molecular weight excluding hydrogens is 373 g/mol. The number of sulfone groups is 1. The van der Waals surface area contributed by atoms with Crippen LogP contribution in [0.2, 0.25) is 0 Å². The van der Waals surface area contributed by atoms with Crippen molar-refractivity contribution in [3.8, 4) is 0 Å². The van der Waals surface area contributed by atoms with Crippen LogP contribution in [0.3, 0.4) is 0 Å². The van der Waals surface area contributed by atoms with Crippen LogP contribution in [-0.2, 0) is 9.84 Å². The fraction of sp³-hybridized carbons (Fsp3) is 0.143. The van der Waals surface area contributed by atoms with Crippen LogP contribution in [0, 0.1) is 10.1 Å². The van der Waals surface area contributed by atoms with Gasteiger partial charge in [-0.05, 0) is 28.1 Å². The zero-order chi connectivity index (χ0) is 14.1. The number of hydrogen-bond acceptors (Lipinski definition) is 6. The predicted molar refractivity (Wildman–Crippen MR) is 71.5 cm³/mol. The van der Waals surface area contributed by atoms with Crippen LogP contribution in [0.4, 0.5) is 11.4 Å². The molecule has 0 saturated heterocycles. The first kappa shape index (κ1) is 15.4. The number of alkyl halides is 3. The Morgan fingerprint density at radius 1 is 1.44 bits per heavy atom. The Morgan fingerprint density at radius 3 is 2.39 bits per heavy atom. The number of nitro benzene ring substituents is 1. The Labute approximate surface area is 120 Å². The molecule has 7 nitrogen and oxygen atoms in total. The minimum atomic E-state index is -4.18. The molecule has 0 spiro atoms. The third-order valence-corrected chi connectivity index (χ3v) is 5.92. The summed E-state index contributed by atoms with van der Waals surface area (Å²) in [5, 5.41) is 10.7. The van der Waals surface area contributed by atoms with E-state index in [1.807, 2.05) is 0 Å². The van der Waals surface area contributed by atoms with Crippen molar-refractivity contribution in [1.29, 1.82) is 0 Å². The molecular formula is C7H6BrCl2N3O4S. The van der Waals surface area contributed by atoms with Gasteiger partial charge in [-0.2, -0.15) is 0 Å². The third kappa shape index (κ3) is 2.86. The maximum absolute atomic E-state index is 11.8. The number of halogens is 3. The SMILES string of the molecule is NNc1ccc(S(=O)(=O)C(Cl)(Cl)Br)cc1[N+](=O)[O-]. The van der Waals surface area contributed by atoms with Crippen molar-refractivity contribution in [2.75, 3.05) is 5.43 Å². The van der Waals surface area contributed by atoms with Crippen LogP contribution < -0.4 is 11.3 Å². The fourth-order valence-corrected chi connectivity index (χ4v) is 2.96. The summed E-state index contributed by atoms with van der Waals surface area (Å²) < 4.78 is 21.4. The Bertz CT molecular complexity index is 587. The number of rotatable bonds is 4. The normalized spacial score (nSPS) is 12.2. The standard InChI is InChI=1S/C7H6BrCl2N3O4S/c8-7(9,10)18(16,17)4-1-2-5(12-11)6(3-4)13(14)15/h1-3,12H,11H2. The minimum Gasteiger partial charge on any atom is -0.318 e. The highest BCUT2D eigenvalue weighted by Crippen LogP contribution is 2.41. The van der Waals surface area contributed by atoms with Gasteiger partial charge in [0.2, 0.25) is 9.84 Å². The fourth-order valence-electron chi connectivity index (χ4n) is 1.09. The summed E-state index contributed by atoms with van der Waals surface area (Å²) in [6.45, 7) is 0. The zero-order valence-corrected chi connectivity index (χ0v) is 12.3. The second-order valence-electron chi connectivity index (χ2n) is 3.03. The van der Waals surface area contributed by atoms with E-state index in [1.165, 1.54) is 0 Å². The summed E-state index contributed by atoms with van der Waals surface area (Å²) >= 11 is 13.5. The molecule has 0 aromatic heterocycles. The average Bonchev–Trinajstić information content (AvgIpc) is 2.26. The first-order valence-electron chi connectivity index (χ1n) is 4.17. The van der Waals surface area contributed by atoms with Crippen molar-refractivity contribution < 1.29 is 13.3 Å².